The van der Waals surface area contributed by atoms with Gasteiger partial charge in [0.1, 0.15) is 22.9 Å². The average molecular weight is 416 g/mol. The molecule has 7 nitrogen and oxygen atoms in total. The van der Waals surface area contributed by atoms with E-state index in [1.807, 2.05) is 51.3 Å². The molecule has 0 saturated carbocycles. The minimum atomic E-state index is -0.244. The highest BCUT2D eigenvalue weighted by Crippen LogP contribution is 2.40. The molecule has 0 aliphatic carbocycles. The number of nitrogens with zero attached hydrogens (tertiary/aromatic N) is 3. The molecule has 0 aliphatic heterocycles. The summed E-state index contributed by atoms with van der Waals surface area (Å²) < 4.78 is 8.05. The molecule has 3 N–H and O–H groups in total. The van der Waals surface area contributed by atoms with Crippen LogP contribution in [0, 0.1) is 13.8 Å². The van der Waals surface area contributed by atoms with E-state index in [1.165, 1.54) is 0 Å². The number of aryl methyl sites for hydroxylation is 1. The van der Waals surface area contributed by atoms with Crippen molar-refractivity contribution in [2.75, 3.05) is 12.8 Å². The number of nitrogens with one attached hydrogen (secondary N) is 1. The third-order valence-corrected chi connectivity index (χ3v) is 5.34. The number of benzene rings is 1. The van der Waals surface area contributed by atoms with Crippen molar-refractivity contribution in [3.63, 3.8) is 0 Å². The number of hydrogen-bond acceptors (Lipinski definition) is 5. The van der Waals surface area contributed by atoms with Crippen LogP contribution in [0.3, 0.4) is 0 Å². The van der Waals surface area contributed by atoms with Gasteiger partial charge in [-0.05, 0) is 39.3 Å². The van der Waals surface area contributed by atoms with E-state index in [0.717, 1.165) is 22.6 Å². The van der Waals surface area contributed by atoms with Crippen LogP contribution < -0.4 is 15.8 Å². The van der Waals surface area contributed by atoms with E-state index >= 15 is 0 Å². The molecule has 8 heteroatoms. The van der Waals surface area contributed by atoms with Crippen LogP contribution in [0.15, 0.2) is 18.5 Å². The maximum absolute atomic E-state index is 12.7. The summed E-state index contributed by atoms with van der Waals surface area (Å²) in [6.45, 7) is 9.57. The Morgan fingerprint density at radius 2 is 2.00 bits per heavy atom. The first-order valence-electron chi connectivity index (χ1n) is 9.48. The van der Waals surface area contributed by atoms with Gasteiger partial charge in [-0.1, -0.05) is 18.5 Å². The number of carbonyl (C=O) groups excluding carboxylic acids is 1. The topological polar surface area (TPSA) is 94.5 Å². The molecule has 2 heterocycles. The van der Waals surface area contributed by atoms with Gasteiger partial charge < -0.3 is 15.8 Å². The number of rotatable bonds is 5. The Hall–Kier alpha value is -2.80. The molecular weight excluding hydrogens is 390 g/mol. The SMILES string of the molecule is CNC(=O)c1c(C)c(Cl)cc(C(C)c2nc(C)c3c(N)nccn23)c1OC(C)C. The van der Waals surface area contributed by atoms with E-state index in [9.17, 15) is 4.79 Å². The zero-order valence-corrected chi connectivity index (χ0v) is 18.3. The number of nitrogen functional groups attached to an aromatic ring is 1. The van der Waals surface area contributed by atoms with Gasteiger partial charge >= 0.3 is 0 Å². The molecule has 0 fully saturated rings. The zero-order valence-electron chi connectivity index (χ0n) is 17.5. The van der Waals surface area contributed by atoms with Gasteiger partial charge in [-0.3, -0.25) is 9.20 Å². The van der Waals surface area contributed by atoms with E-state index in [-0.39, 0.29) is 17.9 Å². The lowest BCUT2D eigenvalue weighted by Crippen LogP contribution is -2.23. The Balaban J connectivity index is 2.29. The number of carbonyl (C=O) groups is 1. The number of fused-ring (bicyclic) bond motifs is 1. The summed E-state index contributed by atoms with van der Waals surface area (Å²) in [5, 5.41) is 3.19. The standard InChI is InChI=1S/C21H26ClN5O2/c1-10(2)29-18-14(9-15(22)12(4)16(18)21(28)24-6)11(3)20-26-13(5)17-19(23)25-7-8-27(17)20/h7-11H,1-6H3,(H2,23,25)(H,24,28). The number of ether oxygens (including phenoxy) is 1. The predicted octanol–water partition coefficient (Wildman–Crippen LogP) is 3.88. The van der Waals surface area contributed by atoms with Crippen molar-refractivity contribution in [2.45, 2.75) is 46.6 Å². The fourth-order valence-electron chi connectivity index (χ4n) is 3.54. The Morgan fingerprint density at radius 1 is 1.31 bits per heavy atom. The summed E-state index contributed by atoms with van der Waals surface area (Å²) in [5.74, 6) is 1.25. The van der Waals surface area contributed by atoms with Gasteiger partial charge in [0.25, 0.3) is 5.91 Å². The van der Waals surface area contributed by atoms with Crippen molar-refractivity contribution < 1.29 is 9.53 Å². The minimum Gasteiger partial charge on any atom is -0.490 e. The molecule has 0 saturated heterocycles. The smallest absolute Gasteiger partial charge is 0.255 e. The molecule has 29 heavy (non-hydrogen) atoms. The number of amides is 1. The maximum Gasteiger partial charge on any atom is 0.255 e. The van der Waals surface area contributed by atoms with Crippen LogP contribution in [0.5, 0.6) is 5.75 Å². The summed E-state index contributed by atoms with van der Waals surface area (Å²) in [7, 11) is 1.59. The first-order valence-corrected chi connectivity index (χ1v) is 9.85. The lowest BCUT2D eigenvalue weighted by Gasteiger charge is -2.23. The molecule has 0 spiro atoms. The molecule has 3 rings (SSSR count). The second-order valence-electron chi connectivity index (χ2n) is 7.33. The van der Waals surface area contributed by atoms with Gasteiger partial charge in [0.15, 0.2) is 0 Å². The van der Waals surface area contributed by atoms with E-state index in [4.69, 9.17) is 27.1 Å². The first-order chi connectivity index (χ1) is 13.7. The highest BCUT2D eigenvalue weighted by molar-refractivity contribution is 6.32. The van der Waals surface area contributed by atoms with E-state index in [0.29, 0.717) is 27.7 Å². The zero-order chi connectivity index (χ0) is 21.5. The van der Waals surface area contributed by atoms with E-state index in [2.05, 4.69) is 10.3 Å². The molecular formula is C21H26ClN5O2. The molecule has 1 aromatic carbocycles. The number of hydrogen-bond donors (Lipinski definition) is 2. The lowest BCUT2D eigenvalue weighted by molar-refractivity contribution is 0.0956. The number of aromatic nitrogens is 3. The van der Waals surface area contributed by atoms with Crippen LogP contribution in [0.1, 0.15) is 59.7 Å². The molecule has 3 aromatic rings. The number of nitrogens with two attached hydrogens (primary N) is 1. The van der Waals surface area contributed by atoms with Crippen LogP contribution in [0.25, 0.3) is 5.52 Å². The highest BCUT2D eigenvalue weighted by Gasteiger charge is 2.28. The minimum absolute atomic E-state index is 0.122. The first kappa shape index (κ1) is 20.9. The van der Waals surface area contributed by atoms with Gasteiger partial charge in [0.05, 0.1) is 17.4 Å². The fourth-order valence-corrected chi connectivity index (χ4v) is 3.75. The fraction of sp³-hybridized carbons (Fsp3) is 0.381. The van der Waals surface area contributed by atoms with Crippen LogP contribution in [-0.2, 0) is 0 Å². The summed E-state index contributed by atoms with van der Waals surface area (Å²) in [4.78, 5) is 21.6. The predicted molar refractivity (Wildman–Crippen MR) is 115 cm³/mol. The second kappa shape index (κ2) is 7.91. The Morgan fingerprint density at radius 3 is 2.62 bits per heavy atom. The molecule has 0 radical (unpaired) electrons. The van der Waals surface area contributed by atoms with Crippen molar-refractivity contribution in [2.24, 2.45) is 0 Å². The van der Waals surface area contributed by atoms with Crippen LogP contribution in [0.2, 0.25) is 5.02 Å². The van der Waals surface area contributed by atoms with E-state index in [1.54, 1.807) is 13.2 Å². The number of imidazole rings is 1. The molecule has 0 aliphatic rings. The van der Waals surface area contributed by atoms with E-state index < -0.39 is 0 Å². The van der Waals surface area contributed by atoms with Gasteiger partial charge in [-0.15, -0.1) is 0 Å². The monoisotopic (exact) mass is 415 g/mol. The lowest BCUT2D eigenvalue weighted by atomic mass is 9.93. The van der Waals surface area contributed by atoms with Crippen molar-refractivity contribution in [1.29, 1.82) is 0 Å². The van der Waals surface area contributed by atoms with Gasteiger partial charge in [-0.25, -0.2) is 9.97 Å². The molecule has 1 atom stereocenters. The molecule has 0 bridgehead atoms. The normalized spacial score (nSPS) is 12.4. The molecule has 1 unspecified atom stereocenters. The van der Waals surface area contributed by atoms with Crippen LogP contribution >= 0.6 is 11.6 Å². The quantitative estimate of drug-likeness (QED) is 0.659. The van der Waals surface area contributed by atoms with Crippen molar-refractivity contribution in [1.82, 2.24) is 19.7 Å². The Bertz CT molecular complexity index is 1090. The summed E-state index contributed by atoms with van der Waals surface area (Å²) in [5.41, 5.74) is 9.52. The third kappa shape index (κ3) is 3.62. The average Bonchev–Trinajstić information content (AvgIpc) is 3.01. The summed E-state index contributed by atoms with van der Waals surface area (Å²) in [6.07, 6.45) is 3.35. The number of halogens is 1. The second-order valence-corrected chi connectivity index (χ2v) is 7.74. The molecule has 1 amide bonds. The summed E-state index contributed by atoms with van der Waals surface area (Å²) in [6, 6.07) is 1.85. The highest BCUT2D eigenvalue weighted by atomic mass is 35.5. The Labute approximate surface area is 175 Å². The van der Waals surface area contributed by atoms with Gasteiger partial charge in [0, 0.05) is 35.9 Å². The van der Waals surface area contributed by atoms with Gasteiger partial charge in [-0.2, -0.15) is 0 Å². The maximum atomic E-state index is 12.7. The number of anilines is 1. The van der Waals surface area contributed by atoms with Crippen LogP contribution in [-0.4, -0.2) is 33.4 Å². The van der Waals surface area contributed by atoms with Crippen molar-refractivity contribution in [3.8, 4) is 5.75 Å². The van der Waals surface area contributed by atoms with Crippen molar-refractivity contribution in [3.05, 3.63) is 51.7 Å². The van der Waals surface area contributed by atoms with Crippen LogP contribution in [0.4, 0.5) is 5.82 Å². The van der Waals surface area contributed by atoms with Gasteiger partial charge in [0.2, 0.25) is 0 Å². The summed E-state index contributed by atoms with van der Waals surface area (Å²) >= 11 is 6.52. The molecule has 154 valence electrons. The molecule has 2 aromatic heterocycles. The van der Waals surface area contributed by atoms with Crippen molar-refractivity contribution >= 4 is 28.8 Å². The third-order valence-electron chi connectivity index (χ3n) is 4.95. The largest absolute Gasteiger partial charge is 0.490 e. The Kier molecular flexibility index (Phi) is 5.71.